The predicted octanol–water partition coefficient (Wildman–Crippen LogP) is 2.06. The van der Waals surface area contributed by atoms with Crippen LogP contribution in [0.1, 0.15) is 25.7 Å². The average molecular weight is 444 g/mol. The minimum absolute atomic E-state index is 0.00439. The van der Waals surface area contributed by atoms with Crippen molar-refractivity contribution in [3.8, 4) is 0 Å². The summed E-state index contributed by atoms with van der Waals surface area (Å²) < 4.78 is 28.0. The molecule has 2 heterocycles. The molecule has 0 bridgehead atoms. The van der Waals surface area contributed by atoms with Crippen molar-refractivity contribution < 1.29 is 13.2 Å². The zero-order valence-electron chi connectivity index (χ0n) is 15.0. The Balaban J connectivity index is 1.63. The number of carbonyl (C=O) groups excluding carboxylic acids is 1. The number of piperidine rings is 2. The Morgan fingerprint density at radius 2 is 1.77 bits per heavy atom. The monoisotopic (exact) mass is 443 g/mol. The molecule has 6 nitrogen and oxygen atoms in total. The first kappa shape index (κ1) is 19.8. The fourth-order valence-electron chi connectivity index (χ4n) is 3.60. The number of rotatable bonds is 4. The number of amides is 1. The Morgan fingerprint density at radius 3 is 2.42 bits per heavy atom. The second-order valence-electron chi connectivity index (χ2n) is 7.24. The minimum atomic E-state index is -3.56. The Hall–Kier alpha value is -0.960. The van der Waals surface area contributed by atoms with Gasteiger partial charge in [-0.3, -0.25) is 4.79 Å². The topological polar surface area (TPSA) is 69.7 Å². The molecule has 1 N–H and O–H groups in total. The SMILES string of the molecule is CN1CCC(NC(=O)C2CCCN(S(=O)(=O)c3ccc(Br)cc3)C2)CC1. The lowest BCUT2D eigenvalue weighted by Gasteiger charge is -2.34. The maximum Gasteiger partial charge on any atom is 0.243 e. The largest absolute Gasteiger partial charge is 0.353 e. The van der Waals surface area contributed by atoms with Crippen LogP contribution < -0.4 is 5.32 Å². The van der Waals surface area contributed by atoms with Crippen molar-refractivity contribution in [2.24, 2.45) is 5.92 Å². The van der Waals surface area contributed by atoms with Gasteiger partial charge >= 0.3 is 0 Å². The molecular weight excluding hydrogens is 418 g/mol. The first-order valence-electron chi connectivity index (χ1n) is 9.11. The molecule has 2 saturated heterocycles. The third-order valence-electron chi connectivity index (χ3n) is 5.27. The molecular formula is C18H26BrN3O3S. The Bertz CT molecular complexity index is 731. The van der Waals surface area contributed by atoms with E-state index in [4.69, 9.17) is 0 Å². The molecule has 2 aliphatic heterocycles. The number of nitrogens with one attached hydrogen (secondary N) is 1. The number of hydrogen-bond acceptors (Lipinski definition) is 4. The van der Waals surface area contributed by atoms with Crippen LogP contribution in [-0.4, -0.2) is 62.8 Å². The molecule has 1 atom stereocenters. The van der Waals surface area contributed by atoms with Crippen molar-refractivity contribution in [3.05, 3.63) is 28.7 Å². The van der Waals surface area contributed by atoms with E-state index in [1.807, 2.05) is 0 Å². The molecule has 0 saturated carbocycles. The van der Waals surface area contributed by atoms with E-state index in [0.29, 0.717) is 13.0 Å². The third-order valence-corrected chi connectivity index (χ3v) is 7.68. The number of likely N-dealkylation sites (tertiary alicyclic amines) is 1. The first-order chi connectivity index (χ1) is 12.4. The molecule has 1 amide bonds. The van der Waals surface area contributed by atoms with Crippen LogP contribution in [0, 0.1) is 5.92 Å². The van der Waals surface area contributed by atoms with Crippen LogP contribution in [0.15, 0.2) is 33.6 Å². The van der Waals surface area contributed by atoms with Crippen molar-refractivity contribution in [2.45, 2.75) is 36.6 Å². The van der Waals surface area contributed by atoms with Gasteiger partial charge in [-0.05, 0) is 70.1 Å². The van der Waals surface area contributed by atoms with Crippen LogP contribution in [0.3, 0.4) is 0 Å². The van der Waals surface area contributed by atoms with E-state index >= 15 is 0 Å². The van der Waals surface area contributed by atoms with Crippen molar-refractivity contribution in [1.82, 2.24) is 14.5 Å². The summed E-state index contributed by atoms with van der Waals surface area (Å²) in [5, 5.41) is 3.14. The van der Waals surface area contributed by atoms with E-state index in [0.717, 1.165) is 36.8 Å². The number of carbonyl (C=O) groups is 1. The molecule has 1 aromatic carbocycles. The molecule has 0 spiro atoms. The summed E-state index contributed by atoms with van der Waals surface area (Å²) in [6.45, 7) is 2.70. The van der Waals surface area contributed by atoms with Gasteiger partial charge in [0.05, 0.1) is 10.8 Å². The second kappa shape index (κ2) is 8.37. The summed E-state index contributed by atoms with van der Waals surface area (Å²) in [6.07, 6.45) is 3.36. The Kier molecular flexibility index (Phi) is 6.37. The number of nitrogens with zero attached hydrogens (tertiary/aromatic N) is 2. The molecule has 1 aromatic rings. The van der Waals surface area contributed by atoms with Gasteiger partial charge in [-0.1, -0.05) is 15.9 Å². The van der Waals surface area contributed by atoms with E-state index in [1.54, 1.807) is 24.3 Å². The van der Waals surface area contributed by atoms with Crippen molar-refractivity contribution in [1.29, 1.82) is 0 Å². The second-order valence-corrected chi connectivity index (χ2v) is 10.1. The number of hydrogen-bond donors (Lipinski definition) is 1. The van der Waals surface area contributed by atoms with Gasteiger partial charge in [-0.2, -0.15) is 4.31 Å². The number of sulfonamides is 1. The first-order valence-corrected chi connectivity index (χ1v) is 11.3. The molecule has 8 heteroatoms. The lowest BCUT2D eigenvalue weighted by molar-refractivity contribution is -0.127. The highest BCUT2D eigenvalue weighted by Crippen LogP contribution is 2.25. The molecule has 3 rings (SSSR count). The summed E-state index contributed by atoms with van der Waals surface area (Å²) in [6, 6.07) is 6.85. The lowest BCUT2D eigenvalue weighted by Crippen LogP contribution is -2.49. The summed E-state index contributed by atoms with van der Waals surface area (Å²) >= 11 is 3.32. The van der Waals surface area contributed by atoms with E-state index < -0.39 is 10.0 Å². The zero-order chi connectivity index (χ0) is 18.7. The van der Waals surface area contributed by atoms with Gasteiger partial charge in [0.25, 0.3) is 0 Å². The highest BCUT2D eigenvalue weighted by Gasteiger charge is 2.34. The zero-order valence-corrected chi connectivity index (χ0v) is 17.4. The molecule has 0 aromatic heterocycles. The molecule has 2 aliphatic rings. The van der Waals surface area contributed by atoms with Crippen LogP contribution in [0.4, 0.5) is 0 Å². The molecule has 2 fully saturated rings. The summed E-state index contributed by atoms with van der Waals surface area (Å²) in [7, 11) is -1.47. The summed E-state index contributed by atoms with van der Waals surface area (Å²) in [5.41, 5.74) is 0. The highest BCUT2D eigenvalue weighted by atomic mass is 79.9. The Labute approximate surface area is 164 Å². The quantitative estimate of drug-likeness (QED) is 0.772. The van der Waals surface area contributed by atoms with Gasteiger partial charge < -0.3 is 10.2 Å². The third kappa shape index (κ3) is 4.65. The Morgan fingerprint density at radius 1 is 1.12 bits per heavy atom. The van der Waals surface area contributed by atoms with Crippen molar-refractivity contribution in [3.63, 3.8) is 0 Å². The molecule has 0 radical (unpaired) electrons. The predicted molar refractivity (Wildman–Crippen MR) is 104 cm³/mol. The van der Waals surface area contributed by atoms with Gasteiger partial charge in [0, 0.05) is 23.6 Å². The maximum absolute atomic E-state index is 12.9. The average Bonchev–Trinajstić information content (AvgIpc) is 2.64. The van der Waals surface area contributed by atoms with Crippen LogP contribution in [-0.2, 0) is 14.8 Å². The standard InChI is InChI=1S/C18H26BrN3O3S/c1-21-11-8-16(9-12-21)20-18(23)14-3-2-10-22(13-14)26(24,25)17-6-4-15(19)5-7-17/h4-7,14,16H,2-3,8-13H2,1H3,(H,20,23). The van der Waals surface area contributed by atoms with E-state index in [9.17, 15) is 13.2 Å². The van der Waals surface area contributed by atoms with Crippen LogP contribution in [0.25, 0.3) is 0 Å². The van der Waals surface area contributed by atoms with Crippen LogP contribution in [0.5, 0.6) is 0 Å². The highest BCUT2D eigenvalue weighted by molar-refractivity contribution is 9.10. The number of benzene rings is 1. The normalized spacial score (nSPS) is 23.7. The summed E-state index contributed by atoms with van der Waals surface area (Å²) in [4.78, 5) is 15.2. The fourth-order valence-corrected chi connectivity index (χ4v) is 5.39. The number of halogens is 1. The molecule has 26 heavy (non-hydrogen) atoms. The van der Waals surface area contributed by atoms with Crippen molar-refractivity contribution in [2.75, 3.05) is 33.2 Å². The fraction of sp³-hybridized carbons (Fsp3) is 0.611. The maximum atomic E-state index is 12.9. The minimum Gasteiger partial charge on any atom is -0.353 e. The molecule has 144 valence electrons. The summed E-state index contributed by atoms with van der Waals surface area (Å²) in [5.74, 6) is -0.274. The van der Waals surface area contributed by atoms with Gasteiger partial charge in [0.15, 0.2) is 0 Å². The van der Waals surface area contributed by atoms with Crippen LogP contribution >= 0.6 is 15.9 Å². The van der Waals surface area contributed by atoms with E-state index in [1.165, 1.54) is 4.31 Å². The smallest absolute Gasteiger partial charge is 0.243 e. The lowest BCUT2D eigenvalue weighted by atomic mass is 9.97. The van der Waals surface area contributed by atoms with Gasteiger partial charge in [0.2, 0.25) is 15.9 Å². The molecule has 1 unspecified atom stereocenters. The molecule has 0 aliphatic carbocycles. The van der Waals surface area contributed by atoms with Gasteiger partial charge in [-0.15, -0.1) is 0 Å². The van der Waals surface area contributed by atoms with Crippen molar-refractivity contribution >= 4 is 31.9 Å². The van der Waals surface area contributed by atoms with Gasteiger partial charge in [-0.25, -0.2) is 8.42 Å². The van der Waals surface area contributed by atoms with E-state index in [2.05, 4.69) is 33.2 Å². The van der Waals surface area contributed by atoms with Crippen LogP contribution in [0.2, 0.25) is 0 Å². The van der Waals surface area contributed by atoms with Gasteiger partial charge in [0.1, 0.15) is 0 Å². The van der Waals surface area contributed by atoms with E-state index in [-0.39, 0.29) is 29.3 Å².